The Bertz CT molecular complexity index is 951. The Kier molecular flexibility index (Phi) is 8.68. The molecule has 1 unspecified atom stereocenters. The van der Waals surface area contributed by atoms with Gasteiger partial charge < -0.3 is 19.9 Å². The van der Waals surface area contributed by atoms with E-state index in [0.29, 0.717) is 28.9 Å². The van der Waals surface area contributed by atoms with Crippen molar-refractivity contribution in [1.82, 2.24) is 10.2 Å². The highest BCUT2D eigenvalue weighted by molar-refractivity contribution is 6.31. The number of amides is 2. The average Bonchev–Trinajstić information content (AvgIpc) is 2.75. The molecule has 0 bridgehead atoms. The van der Waals surface area contributed by atoms with E-state index in [9.17, 15) is 9.59 Å². The first-order valence-corrected chi connectivity index (χ1v) is 12.0. The van der Waals surface area contributed by atoms with Gasteiger partial charge in [-0.15, -0.1) is 0 Å². The van der Waals surface area contributed by atoms with Crippen molar-refractivity contribution in [3.63, 3.8) is 0 Å². The van der Waals surface area contributed by atoms with E-state index in [1.54, 1.807) is 6.07 Å². The second-order valence-corrected chi connectivity index (χ2v) is 9.47. The van der Waals surface area contributed by atoms with E-state index >= 15 is 0 Å². The van der Waals surface area contributed by atoms with Gasteiger partial charge in [0.2, 0.25) is 0 Å². The summed E-state index contributed by atoms with van der Waals surface area (Å²) in [5.74, 6) is -0.914. The number of allylic oxidation sites excluding steroid dienone is 1. The number of rotatable bonds is 8. The second kappa shape index (κ2) is 11.3. The van der Waals surface area contributed by atoms with Gasteiger partial charge >= 0.3 is 0 Å². The lowest BCUT2D eigenvalue weighted by molar-refractivity contribution is -0.120. The first-order chi connectivity index (χ1) is 15.7. The summed E-state index contributed by atoms with van der Waals surface area (Å²) < 4.78 is 5.52. The Hall–Kier alpha value is -2.22. The van der Waals surface area contributed by atoms with Gasteiger partial charge in [0.25, 0.3) is 11.8 Å². The molecule has 7 nitrogen and oxygen atoms in total. The van der Waals surface area contributed by atoms with Crippen molar-refractivity contribution in [3.8, 4) is 0 Å². The summed E-state index contributed by atoms with van der Waals surface area (Å²) in [6.45, 7) is 9.03. The van der Waals surface area contributed by atoms with E-state index in [-0.39, 0.29) is 18.4 Å². The number of aliphatic imine (C=N–C) groups is 1. The Morgan fingerprint density at radius 3 is 2.58 bits per heavy atom. The van der Waals surface area contributed by atoms with Gasteiger partial charge in [-0.2, -0.15) is 0 Å². The van der Waals surface area contributed by atoms with E-state index in [1.807, 2.05) is 45.0 Å². The summed E-state index contributed by atoms with van der Waals surface area (Å²) in [6, 6.07) is 4.00. The predicted octanol–water partition coefficient (Wildman–Crippen LogP) is 3.49. The number of anilines is 1. The SMILES string of the molecule is CCN(c1cc(Cl)cc(C(=O)NCC2C(=O)N=C(C)C=C2CN(C)C)c1C)C1CCOCC1. The second-order valence-electron chi connectivity index (χ2n) is 9.04. The average molecular weight is 475 g/mol. The van der Waals surface area contributed by atoms with Crippen LogP contribution in [0.1, 0.15) is 42.6 Å². The smallest absolute Gasteiger partial charge is 0.254 e. The molecule has 180 valence electrons. The topological polar surface area (TPSA) is 74.2 Å². The van der Waals surface area contributed by atoms with Crippen LogP contribution < -0.4 is 10.2 Å². The van der Waals surface area contributed by atoms with Crippen molar-refractivity contribution in [3.05, 3.63) is 39.9 Å². The summed E-state index contributed by atoms with van der Waals surface area (Å²) in [6.07, 6.45) is 3.84. The van der Waals surface area contributed by atoms with E-state index in [2.05, 4.69) is 22.1 Å². The number of hydrogen-bond donors (Lipinski definition) is 1. The van der Waals surface area contributed by atoms with Gasteiger partial charge in [0.05, 0.1) is 5.92 Å². The van der Waals surface area contributed by atoms with E-state index < -0.39 is 5.92 Å². The van der Waals surface area contributed by atoms with Gasteiger partial charge in [-0.1, -0.05) is 11.6 Å². The molecule has 2 aliphatic heterocycles. The largest absolute Gasteiger partial charge is 0.381 e. The number of carbonyl (C=O) groups is 2. The third kappa shape index (κ3) is 6.22. The first-order valence-electron chi connectivity index (χ1n) is 11.6. The van der Waals surface area contributed by atoms with E-state index in [4.69, 9.17) is 16.3 Å². The van der Waals surface area contributed by atoms with Crippen LogP contribution in [0.3, 0.4) is 0 Å². The molecule has 1 aromatic rings. The fraction of sp³-hybridized carbons (Fsp3) is 0.560. The summed E-state index contributed by atoms with van der Waals surface area (Å²) >= 11 is 6.46. The highest BCUT2D eigenvalue weighted by Gasteiger charge is 2.28. The molecule has 1 fully saturated rings. The molecule has 3 rings (SSSR count). The lowest BCUT2D eigenvalue weighted by Crippen LogP contribution is -2.40. The van der Waals surface area contributed by atoms with Crippen molar-refractivity contribution in [1.29, 1.82) is 0 Å². The third-order valence-electron chi connectivity index (χ3n) is 6.26. The van der Waals surface area contributed by atoms with Crippen LogP contribution in [0, 0.1) is 12.8 Å². The standard InChI is InChI=1S/C25H35ClN4O3/c1-6-30(20-7-9-33-10-8-20)23-13-19(26)12-21(17(23)3)24(31)27-14-22-18(15-29(4)5)11-16(2)28-25(22)32/h11-13,20,22H,6-10,14-15H2,1-5H3,(H,27,31). The van der Waals surface area contributed by atoms with Crippen LogP contribution in [0.4, 0.5) is 5.69 Å². The van der Waals surface area contributed by atoms with Crippen LogP contribution >= 0.6 is 11.6 Å². The van der Waals surface area contributed by atoms with Crippen LogP contribution in [0.15, 0.2) is 28.8 Å². The number of likely N-dealkylation sites (N-methyl/N-ethyl adjacent to an activating group) is 1. The zero-order chi connectivity index (χ0) is 24.1. The van der Waals surface area contributed by atoms with Crippen LogP contribution in [-0.2, 0) is 9.53 Å². The highest BCUT2D eigenvalue weighted by atomic mass is 35.5. The molecule has 33 heavy (non-hydrogen) atoms. The molecule has 2 aliphatic rings. The first kappa shape index (κ1) is 25.4. The number of carbonyl (C=O) groups excluding carboxylic acids is 2. The minimum absolute atomic E-state index is 0.201. The minimum atomic E-state index is -0.464. The molecule has 1 atom stereocenters. The van der Waals surface area contributed by atoms with Gasteiger partial charge in [-0.25, -0.2) is 4.99 Å². The third-order valence-corrected chi connectivity index (χ3v) is 6.48. The molecule has 8 heteroatoms. The Balaban J connectivity index is 1.80. The lowest BCUT2D eigenvalue weighted by atomic mass is 9.93. The monoisotopic (exact) mass is 474 g/mol. The zero-order valence-corrected chi connectivity index (χ0v) is 21.0. The van der Waals surface area contributed by atoms with Crippen molar-refractivity contribution in [2.45, 2.75) is 39.7 Å². The summed E-state index contributed by atoms with van der Waals surface area (Å²) in [7, 11) is 3.91. The van der Waals surface area contributed by atoms with E-state index in [1.165, 1.54) is 0 Å². The maximum Gasteiger partial charge on any atom is 0.254 e. The molecular weight excluding hydrogens is 440 g/mol. The maximum atomic E-state index is 13.2. The fourth-order valence-electron chi connectivity index (χ4n) is 4.66. The molecule has 1 N–H and O–H groups in total. The minimum Gasteiger partial charge on any atom is -0.381 e. The number of nitrogens with one attached hydrogen (secondary N) is 1. The zero-order valence-electron chi connectivity index (χ0n) is 20.3. The Morgan fingerprint density at radius 1 is 1.24 bits per heavy atom. The normalized spacial score (nSPS) is 19.4. The van der Waals surface area contributed by atoms with Crippen molar-refractivity contribution in [2.75, 3.05) is 51.8 Å². The van der Waals surface area contributed by atoms with Gasteiger partial charge in [0.1, 0.15) is 0 Å². The number of benzene rings is 1. The van der Waals surface area contributed by atoms with Crippen molar-refractivity contribution >= 4 is 34.8 Å². The molecule has 0 aromatic heterocycles. The van der Waals surface area contributed by atoms with Crippen LogP contribution in [0.5, 0.6) is 0 Å². The molecule has 0 spiro atoms. The van der Waals surface area contributed by atoms with E-state index in [0.717, 1.165) is 49.4 Å². The summed E-state index contributed by atoms with van der Waals surface area (Å²) in [5, 5.41) is 3.49. The fourth-order valence-corrected chi connectivity index (χ4v) is 4.87. The van der Waals surface area contributed by atoms with Crippen LogP contribution in [0.2, 0.25) is 5.02 Å². The van der Waals surface area contributed by atoms with Gasteiger partial charge in [-0.3, -0.25) is 9.59 Å². The number of dihydropyridines is 1. The predicted molar refractivity (Wildman–Crippen MR) is 134 cm³/mol. The summed E-state index contributed by atoms with van der Waals surface area (Å²) in [4.78, 5) is 34.2. The van der Waals surface area contributed by atoms with Crippen LogP contribution in [-0.4, -0.2) is 75.4 Å². The molecule has 1 saturated heterocycles. The number of hydrogen-bond acceptors (Lipinski definition) is 5. The molecule has 2 amide bonds. The number of ether oxygens (including phenoxy) is 1. The van der Waals surface area contributed by atoms with Crippen LogP contribution in [0.25, 0.3) is 0 Å². The van der Waals surface area contributed by atoms with Gasteiger partial charge in [0, 0.05) is 60.9 Å². The van der Waals surface area contributed by atoms with Gasteiger partial charge in [-0.05, 0) is 77.1 Å². The number of nitrogens with zero attached hydrogens (tertiary/aromatic N) is 3. The molecule has 0 saturated carbocycles. The van der Waals surface area contributed by atoms with Gasteiger partial charge in [0.15, 0.2) is 0 Å². The Labute approximate surface area is 201 Å². The Morgan fingerprint density at radius 2 is 1.94 bits per heavy atom. The molecular formula is C25H35ClN4O3. The molecule has 0 radical (unpaired) electrons. The maximum absolute atomic E-state index is 13.2. The number of halogens is 1. The quantitative estimate of drug-likeness (QED) is 0.624. The molecule has 1 aromatic carbocycles. The van der Waals surface area contributed by atoms with Crippen molar-refractivity contribution in [2.24, 2.45) is 10.9 Å². The molecule has 0 aliphatic carbocycles. The lowest BCUT2D eigenvalue weighted by Gasteiger charge is -2.36. The summed E-state index contributed by atoms with van der Waals surface area (Å²) in [5.41, 5.74) is 4.05. The molecule has 2 heterocycles. The van der Waals surface area contributed by atoms with Crippen molar-refractivity contribution < 1.29 is 14.3 Å². The highest BCUT2D eigenvalue weighted by Crippen LogP contribution is 2.31.